The Morgan fingerprint density at radius 2 is 2.27 bits per heavy atom. The van der Waals surface area contributed by atoms with E-state index in [2.05, 4.69) is 9.97 Å². The molecule has 0 saturated carbocycles. The first-order chi connectivity index (χ1) is 4.84. The maximum atomic E-state index is 8.60. The van der Waals surface area contributed by atoms with Gasteiger partial charge < -0.3 is 10.8 Å². The van der Waals surface area contributed by atoms with Crippen molar-refractivity contribution in [2.75, 3.05) is 6.61 Å². The van der Waals surface area contributed by atoms with Crippen molar-refractivity contribution in [3.63, 3.8) is 0 Å². The van der Waals surface area contributed by atoms with Gasteiger partial charge in [-0.2, -0.15) is 0 Å². The molecule has 11 heavy (non-hydrogen) atoms. The predicted molar refractivity (Wildman–Crippen MR) is 43.3 cm³/mol. The van der Waals surface area contributed by atoms with Gasteiger partial charge in [-0.3, -0.25) is 9.97 Å². The molecule has 0 radical (unpaired) electrons. The highest BCUT2D eigenvalue weighted by molar-refractivity contribution is 5.85. The van der Waals surface area contributed by atoms with Crippen LogP contribution in [0.25, 0.3) is 0 Å². The number of hydrogen-bond acceptors (Lipinski definition) is 4. The maximum absolute atomic E-state index is 8.60. The van der Waals surface area contributed by atoms with Crippen LogP contribution in [-0.2, 0) is 0 Å². The van der Waals surface area contributed by atoms with Crippen LogP contribution in [0, 0.1) is 0 Å². The van der Waals surface area contributed by atoms with Crippen molar-refractivity contribution in [2.24, 2.45) is 5.73 Å². The molecule has 0 aliphatic carbocycles. The molecule has 62 valence electrons. The van der Waals surface area contributed by atoms with Gasteiger partial charge in [0.25, 0.3) is 0 Å². The molecule has 4 nitrogen and oxygen atoms in total. The molecule has 0 aromatic carbocycles. The summed E-state index contributed by atoms with van der Waals surface area (Å²) in [5.74, 6) is 0. The number of aliphatic hydroxyl groups is 1. The van der Waals surface area contributed by atoms with Crippen LogP contribution in [0.4, 0.5) is 0 Å². The third-order valence-corrected chi connectivity index (χ3v) is 1.16. The Balaban J connectivity index is 0.000001000. The van der Waals surface area contributed by atoms with E-state index in [0.29, 0.717) is 5.69 Å². The lowest BCUT2D eigenvalue weighted by Gasteiger charge is -2.04. The molecule has 1 atom stereocenters. The van der Waals surface area contributed by atoms with Crippen molar-refractivity contribution in [3.05, 3.63) is 24.3 Å². The van der Waals surface area contributed by atoms with Crippen LogP contribution in [0.1, 0.15) is 11.7 Å². The first kappa shape index (κ1) is 10.3. The smallest absolute Gasteiger partial charge is 0.0777 e. The Kier molecular flexibility index (Phi) is 4.69. The van der Waals surface area contributed by atoms with Gasteiger partial charge in [-0.05, 0) is 0 Å². The molecule has 0 spiro atoms. The fraction of sp³-hybridized carbons (Fsp3) is 0.333. The summed E-state index contributed by atoms with van der Waals surface area (Å²) in [6.45, 7) is -0.0985. The third kappa shape index (κ3) is 2.80. The van der Waals surface area contributed by atoms with Gasteiger partial charge in [0.1, 0.15) is 0 Å². The van der Waals surface area contributed by atoms with E-state index in [9.17, 15) is 0 Å². The number of hydrogen-bond donors (Lipinski definition) is 2. The second-order valence-electron chi connectivity index (χ2n) is 1.92. The fourth-order valence-electron chi connectivity index (χ4n) is 0.596. The third-order valence-electron chi connectivity index (χ3n) is 1.16. The SMILES string of the molecule is Cl.N[C@@H](CO)c1cnccn1. The lowest BCUT2D eigenvalue weighted by atomic mass is 10.2. The minimum atomic E-state index is -0.409. The summed E-state index contributed by atoms with van der Waals surface area (Å²) in [7, 11) is 0. The van der Waals surface area contributed by atoms with E-state index in [-0.39, 0.29) is 19.0 Å². The van der Waals surface area contributed by atoms with Crippen LogP contribution >= 0.6 is 12.4 Å². The lowest BCUT2D eigenvalue weighted by Crippen LogP contribution is -2.15. The molecular formula is C6H10ClN3O. The van der Waals surface area contributed by atoms with E-state index in [0.717, 1.165) is 0 Å². The van der Waals surface area contributed by atoms with E-state index in [1.165, 1.54) is 0 Å². The molecule has 5 heteroatoms. The molecule has 1 rings (SSSR count). The van der Waals surface area contributed by atoms with Crippen molar-refractivity contribution >= 4 is 12.4 Å². The Labute approximate surface area is 70.9 Å². The molecule has 3 N–H and O–H groups in total. The van der Waals surface area contributed by atoms with Gasteiger partial charge in [0.05, 0.1) is 24.5 Å². The second kappa shape index (κ2) is 5.01. The quantitative estimate of drug-likeness (QED) is 0.658. The molecule has 0 aliphatic rings. The number of nitrogens with two attached hydrogens (primary N) is 1. The molecular weight excluding hydrogens is 166 g/mol. The van der Waals surface area contributed by atoms with Crippen molar-refractivity contribution in [1.29, 1.82) is 0 Å². The van der Waals surface area contributed by atoms with Gasteiger partial charge in [0, 0.05) is 12.4 Å². The topological polar surface area (TPSA) is 72.0 Å². The summed E-state index contributed by atoms with van der Waals surface area (Å²) in [6, 6.07) is -0.409. The largest absolute Gasteiger partial charge is 0.394 e. The van der Waals surface area contributed by atoms with Crippen LogP contribution < -0.4 is 5.73 Å². The number of nitrogens with zero attached hydrogens (tertiary/aromatic N) is 2. The van der Waals surface area contributed by atoms with Gasteiger partial charge in [0.15, 0.2) is 0 Å². The molecule has 1 aromatic heterocycles. The van der Waals surface area contributed by atoms with E-state index >= 15 is 0 Å². The second-order valence-corrected chi connectivity index (χ2v) is 1.92. The van der Waals surface area contributed by atoms with Crippen molar-refractivity contribution < 1.29 is 5.11 Å². The molecule has 1 heterocycles. The van der Waals surface area contributed by atoms with E-state index in [1.54, 1.807) is 18.6 Å². The molecule has 0 aliphatic heterocycles. The summed E-state index contributed by atoms with van der Waals surface area (Å²) in [6.07, 6.45) is 4.65. The van der Waals surface area contributed by atoms with Gasteiger partial charge in [-0.1, -0.05) is 0 Å². The van der Waals surface area contributed by atoms with E-state index in [4.69, 9.17) is 10.8 Å². The molecule has 0 fully saturated rings. The fourth-order valence-corrected chi connectivity index (χ4v) is 0.596. The highest BCUT2D eigenvalue weighted by Gasteiger charge is 2.03. The Morgan fingerprint density at radius 3 is 2.73 bits per heavy atom. The van der Waals surface area contributed by atoms with Gasteiger partial charge in [-0.15, -0.1) is 12.4 Å². The van der Waals surface area contributed by atoms with Crippen LogP contribution in [0.5, 0.6) is 0 Å². The van der Waals surface area contributed by atoms with Gasteiger partial charge >= 0.3 is 0 Å². The van der Waals surface area contributed by atoms with Crippen LogP contribution in [0.2, 0.25) is 0 Å². The average Bonchev–Trinajstić information content (AvgIpc) is 2.05. The Hall–Kier alpha value is -0.710. The summed E-state index contributed by atoms with van der Waals surface area (Å²) in [5, 5.41) is 8.60. The van der Waals surface area contributed by atoms with Crippen molar-refractivity contribution in [3.8, 4) is 0 Å². The zero-order chi connectivity index (χ0) is 7.40. The monoisotopic (exact) mass is 175 g/mol. The Morgan fingerprint density at radius 1 is 1.55 bits per heavy atom. The van der Waals surface area contributed by atoms with Gasteiger partial charge in [0.2, 0.25) is 0 Å². The van der Waals surface area contributed by atoms with Crippen LogP contribution in [0.15, 0.2) is 18.6 Å². The van der Waals surface area contributed by atoms with Crippen molar-refractivity contribution in [1.82, 2.24) is 9.97 Å². The van der Waals surface area contributed by atoms with E-state index in [1.807, 2.05) is 0 Å². The average molecular weight is 176 g/mol. The maximum Gasteiger partial charge on any atom is 0.0777 e. The minimum Gasteiger partial charge on any atom is -0.394 e. The Bertz CT molecular complexity index is 194. The van der Waals surface area contributed by atoms with E-state index < -0.39 is 6.04 Å². The van der Waals surface area contributed by atoms with Crippen molar-refractivity contribution in [2.45, 2.75) is 6.04 Å². The summed E-state index contributed by atoms with van der Waals surface area (Å²) in [5.41, 5.74) is 6.06. The normalized spacial score (nSPS) is 11.8. The summed E-state index contributed by atoms with van der Waals surface area (Å²) in [4.78, 5) is 7.70. The molecule has 0 bridgehead atoms. The summed E-state index contributed by atoms with van der Waals surface area (Å²) >= 11 is 0. The molecule has 0 amide bonds. The highest BCUT2D eigenvalue weighted by atomic mass is 35.5. The minimum absolute atomic E-state index is 0. The number of halogens is 1. The molecule has 0 saturated heterocycles. The summed E-state index contributed by atoms with van der Waals surface area (Å²) < 4.78 is 0. The number of aromatic nitrogens is 2. The van der Waals surface area contributed by atoms with Crippen LogP contribution in [-0.4, -0.2) is 21.7 Å². The number of aliphatic hydroxyl groups excluding tert-OH is 1. The zero-order valence-electron chi connectivity index (χ0n) is 5.84. The first-order valence-corrected chi connectivity index (χ1v) is 2.97. The van der Waals surface area contributed by atoms with Gasteiger partial charge in [-0.25, -0.2) is 0 Å². The van der Waals surface area contributed by atoms with Crippen LogP contribution in [0.3, 0.4) is 0 Å². The molecule has 1 aromatic rings. The first-order valence-electron chi connectivity index (χ1n) is 2.97. The molecule has 0 unspecified atom stereocenters. The highest BCUT2D eigenvalue weighted by Crippen LogP contribution is 2.01. The standard InChI is InChI=1S/C6H9N3O.ClH/c7-5(4-10)6-3-8-1-2-9-6;/h1-3,5,10H,4,7H2;1H/t5-;/m0./s1. The zero-order valence-corrected chi connectivity index (χ0v) is 6.66. The lowest BCUT2D eigenvalue weighted by molar-refractivity contribution is 0.265. The predicted octanol–water partition coefficient (Wildman–Crippen LogP) is -0.110. The number of rotatable bonds is 2.